The molecule has 1 atom stereocenters. The minimum absolute atomic E-state index is 0.387. The number of nitrogens with zero attached hydrogens (tertiary/aromatic N) is 1. The van der Waals surface area contributed by atoms with Crippen molar-refractivity contribution in [1.82, 2.24) is 0 Å². The van der Waals surface area contributed by atoms with E-state index in [1.54, 1.807) is 17.0 Å². The van der Waals surface area contributed by atoms with E-state index >= 15 is 0 Å². The topological polar surface area (TPSA) is 41.8 Å². The predicted molar refractivity (Wildman–Crippen MR) is 92.9 cm³/mol. The van der Waals surface area contributed by atoms with Crippen molar-refractivity contribution in [3.8, 4) is 0 Å². The van der Waals surface area contributed by atoms with E-state index in [0.29, 0.717) is 12.2 Å². The van der Waals surface area contributed by atoms with Crippen molar-refractivity contribution in [3.63, 3.8) is 0 Å². The smallest absolute Gasteiger partial charge is 0.303 e. The van der Waals surface area contributed by atoms with Crippen molar-refractivity contribution in [2.24, 2.45) is 0 Å². The van der Waals surface area contributed by atoms with Crippen LogP contribution in [0, 0.1) is 0 Å². The third-order valence-electron chi connectivity index (χ3n) is 4.79. The second-order valence-electron chi connectivity index (χ2n) is 6.29. The molecule has 2 aromatic carbocycles. The van der Waals surface area contributed by atoms with E-state index in [2.05, 4.69) is 30.3 Å². The van der Waals surface area contributed by atoms with Crippen LogP contribution in [0.25, 0.3) is 5.57 Å². The van der Waals surface area contributed by atoms with Gasteiger partial charge in [-0.05, 0) is 29.3 Å². The summed E-state index contributed by atoms with van der Waals surface area (Å²) < 4.78 is 0. The molecule has 2 aromatic rings. The summed E-state index contributed by atoms with van der Waals surface area (Å²) in [5.41, 5.74) is 3.91. The number of hydrogen-bond donors (Lipinski definition) is 1. The van der Waals surface area contributed by atoms with Crippen molar-refractivity contribution >= 4 is 23.0 Å². The molecule has 1 unspecified atom stereocenters. The Bertz CT molecular complexity index is 827. The maximum Gasteiger partial charge on any atom is 0.303 e. The third kappa shape index (κ3) is 2.55. The van der Waals surface area contributed by atoms with Crippen LogP contribution in [0.3, 0.4) is 0 Å². The summed E-state index contributed by atoms with van der Waals surface area (Å²) in [6.45, 7) is 2.37. The highest BCUT2D eigenvalue weighted by atomic mass is 16.2. The number of hydrogen-bond acceptors (Lipinski definition) is 2. The van der Waals surface area contributed by atoms with Gasteiger partial charge in [-0.1, -0.05) is 42.5 Å². The van der Waals surface area contributed by atoms with Crippen LogP contribution in [0.15, 0.2) is 60.7 Å². The summed E-state index contributed by atoms with van der Waals surface area (Å²) >= 11 is 0. The first kappa shape index (κ1) is 14.8. The van der Waals surface area contributed by atoms with Gasteiger partial charge in [0.1, 0.15) is 0 Å². The average Bonchev–Trinajstić information content (AvgIpc) is 2.88. The summed E-state index contributed by atoms with van der Waals surface area (Å²) in [4.78, 5) is 27.3. The van der Waals surface area contributed by atoms with Gasteiger partial charge in [-0.15, -0.1) is 0 Å². The highest BCUT2D eigenvalue weighted by Crippen LogP contribution is 2.27. The van der Waals surface area contributed by atoms with Gasteiger partial charge in [0, 0.05) is 6.42 Å². The summed E-state index contributed by atoms with van der Waals surface area (Å²) in [5.74, 6) is -0.788. The second-order valence-corrected chi connectivity index (χ2v) is 6.29. The van der Waals surface area contributed by atoms with E-state index in [0.717, 1.165) is 25.2 Å². The Morgan fingerprint density at radius 1 is 0.958 bits per heavy atom. The molecule has 0 saturated carbocycles. The van der Waals surface area contributed by atoms with Crippen molar-refractivity contribution in [1.29, 1.82) is 0 Å². The number of benzene rings is 2. The monoisotopic (exact) mass is 319 g/mol. The summed E-state index contributed by atoms with van der Waals surface area (Å²) in [6, 6.07) is 17.7. The Hall–Kier alpha value is -2.72. The average molecular weight is 319 g/mol. The molecule has 2 aliphatic heterocycles. The number of anilines is 1. The fraction of sp³-hybridized carbons (Fsp3) is 0.200. The predicted octanol–water partition coefficient (Wildman–Crippen LogP) is 1.55. The van der Waals surface area contributed by atoms with Gasteiger partial charge in [0.05, 0.1) is 24.3 Å². The summed E-state index contributed by atoms with van der Waals surface area (Å²) in [5, 5.41) is 0. The molecule has 2 aliphatic rings. The Kier molecular flexibility index (Phi) is 3.75. The maximum absolute atomic E-state index is 12.3. The SMILES string of the molecule is O=C1C(=O)N(C[NH+]2CC=C(c3ccccc3)CC2)c2ccccc21. The van der Waals surface area contributed by atoms with E-state index in [4.69, 9.17) is 0 Å². The van der Waals surface area contributed by atoms with Gasteiger partial charge >= 0.3 is 5.91 Å². The standard InChI is InChI=1S/C20H18N2O2/c23-19-17-8-4-5-9-18(17)22(20(19)24)14-21-12-10-16(11-13-21)15-6-2-1-3-7-15/h1-10H,11-14H2/p+1. The third-order valence-corrected chi connectivity index (χ3v) is 4.79. The number of carbonyl (C=O) groups excluding carboxylic acids is 2. The minimum Gasteiger partial charge on any atom is -0.314 e. The van der Waals surface area contributed by atoms with Gasteiger partial charge in [0.25, 0.3) is 5.78 Å². The lowest BCUT2D eigenvalue weighted by molar-refractivity contribution is -0.893. The lowest BCUT2D eigenvalue weighted by atomic mass is 10.00. The molecule has 4 heteroatoms. The van der Waals surface area contributed by atoms with Crippen LogP contribution in [-0.2, 0) is 4.79 Å². The number of quaternary nitrogens is 1. The number of amides is 1. The second kappa shape index (κ2) is 6.06. The Morgan fingerprint density at radius 3 is 2.46 bits per heavy atom. The number of fused-ring (bicyclic) bond motifs is 1. The number of ketones is 1. The van der Waals surface area contributed by atoms with Gasteiger partial charge < -0.3 is 4.90 Å². The lowest BCUT2D eigenvalue weighted by Gasteiger charge is -2.27. The van der Waals surface area contributed by atoms with Crippen LogP contribution in [0.2, 0.25) is 0 Å². The van der Waals surface area contributed by atoms with Crippen LogP contribution in [0.5, 0.6) is 0 Å². The highest BCUT2D eigenvalue weighted by Gasteiger charge is 2.37. The van der Waals surface area contributed by atoms with Crippen molar-refractivity contribution in [2.45, 2.75) is 6.42 Å². The molecular formula is C20H19N2O2+. The molecule has 0 aromatic heterocycles. The molecule has 24 heavy (non-hydrogen) atoms. The molecule has 0 aliphatic carbocycles. The zero-order chi connectivity index (χ0) is 16.5. The molecule has 0 bridgehead atoms. The largest absolute Gasteiger partial charge is 0.314 e. The van der Waals surface area contributed by atoms with Crippen LogP contribution in [-0.4, -0.2) is 31.4 Å². The molecule has 0 spiro atoms. The molecule has 120 valence electrons. The summed E-state index contributed by atoms with van der Waals surface area (Å²) in [7, 11) is 0. The molecular weight excluding hydrogens is 300 g/mol. The number of Topliss-reactive ketones (excluding diaryl/α,β-unsaturated/α-hetero) is 1. The van der Waals surface area contributed by atoms with Crippen LogP contribution < -0.4 is 9.80 Å². The maximum atomic E-state index is 12.3. The molecule has 4 rings (SSSR count). The van der Waals surface area contributed by atoms with Crippen molar-refractivity contribution in [2.75, 3.05) is 24.7 Å². The number of rotatable bonds is 3. The van der Waals surface area contributed by atoms with Crippen LogP contribution >= 0.6 is 0 Å². The zero-order valence-electron chi connectivity index (χ0n) is 13.4. The van der Waals surface area contributed by atoms with Gasteiger partial charge in [-0.25, -0.2) is 0 Å². The van der Waals surface area contributed by atoms with E-state index in [9.17, 15) is 9.59 Å². The zero-order valence-corrected chi connectivity index (χ0v) is 13.4. The first-order valence-electron chi connectivity index (χ1n) is 8.27. The minimum atomic E-state index is -0.401. The fourth-order valence-electron chi connectivity index (χ4n) is 3.47. The Morgan fingerprint density at radius 2 is 1.71 bits per heavy atom. The Balaban J connectivity index is 1.49. The normalized spacial score (nSPS) is 20.1. The highest BCUT2D eigenvalue weighted by molar-refractivity contribution is 6.52. The van der Waals surface area contributed by atoms with E-state index in [1.165, 1.54) is 16.0 Å². The van der Waals surface area contributed by atoms with Gasteiger partial charge in [0.2, 0.25) is 0 Å². The lowest BCUT2D eigenvalue weighted by Crippen LogP contribution is -3.14. The molecule has 1 N–H and O–H groups in total. The van der Waals surface area contributed by atoms with Gasteiger partial charge in [-0.2, -0.15) is 0 Å². The van der Waals surface area contributed by atoms with Crippen molar-refractivity contribution < 1.29 is 14.5 Å². The van der Waals surface area contributed by atoms with Crippen molar-refractivity contribution in [3.05, 3.63) is 71.8 Å². The molecule has 4 nitrogen and oxygen atoms in total. The van der Waals surface area contributed by atoms with E-state index in [-0.39, 0.29) is 5.78 Å². The molecule has 0 fully saturated rings. The van der Waals surface area contributed by atoms with E-state index in [1.807, 2.05) is 18.2 Å². The van der Waals surface area contributed by atoms with Crippen LogP contribution in [0.4, 0.5) is 5.69 Å². The summed E-state index contributed by atoms with van der Waals surface area (Å²) in [6.07, 6.45) is 3.24. The number of carbonyl (C=O) groups is 2. The molecule has 1 amide bonds. The Labute approximate surface area is 141 Å². The first-order chi connectivity index (χ1) is 11.7. The van der Waals surface area contributed by atoms with Gasteiger partial charge in [0.15, 0.2) is 6.67 Å². The van der Waals surface area contributed by atoms with Crippen LogP contribution in [0.1, 0.15) is 22.3 Å². The number of nitrogens with one attached hydrogen (secondary N) is 1. The quantitative estimate of drug-likeness (QED) is 0.872. The molecule has 0 saturated heterocycles. The van der Waals surface area contributed by atoms with E-state index < -0.39 is 5.91 Å². The fourth-order valence-corrected chi connectivity index (χ4v) is 3.47. The molecule has 2 heterocycles. The van der Waals surface area contributed by atoms with Gasteiger partial charge in [-0.3, -0.25) is 14.5 Å². The first-order valence-corrected chi connectivity index (χ1v) is 8.27. The number of para-hydroxylation sites is 1. The molecule has 0 radical (unpaired) electrons.